The molecule has 0 unspecified atom stereocenters. The van der Waals surface area contributed by atoms with Gasteiger partial charge >= 0.3 is 22.4 Å². The molecular formula is C5H9AgO3. The largest absolute Gasteiger partial charge is 1.00 e. The van der Waals surface area contributed by atoms with Gasteiger partial charge in [0.2, 0.25) is 0 Å². The van der Waals surface area contributed by atoms with Crippen LogP contribution in [0, 0.1) is 0 Å². The maximum Gasteiger partial charge on any atom is 1.00 e. The van der Waals surface area contributed by atoms with Gasteiger partial charge in [0.05, 0.1) is 0 Å². The molecule has 9 heavy (non-hydrogen) atoms. The van der Waals surface area contributed by atoms with Crippen molar-refractivity contribution in [3.05, 3.63) is 0 Å². The Morgan fingerprint density at radius 1 is 1.67 bits per heavy atom. The van der Waals surface area contributed by atoms with Gasteiger partial charge in [-0.1, -0.05) is 6.92 Å². The van der Waals surface area contributed by atoms with Crippen LogP contribution in [0.15, 0.2) is 0 Å². The zero-order valence-electron chi connectivity index (χ0n) is 5.27. The summed E-state index contributed by atoms with van der Waals surface area (Å²) < 4.78 is 0. The van der Waals surface area contributed by atoms with Crippen LogP contribution in [0.5, 0.6) is 0 Å². The second kappa shape index (κ2) is 15.7. The minimum atomic E-state index is -0.833. The van der Waals surface area contributed by atoms with Crippen molar-refractivity contribution in [3.63, 3.8) is 0 Å². The number of carbonyl (C=O) groups is 1. The van der Waals surface area contributed by atoms with E-state index in [0.717, 1.165) is 6.92 Å². The first-order chi connectivity index (χ1) is 3.65. The number of carboxylic acid groups (broad SMARTS) is 1. The van der Waals surface area contributed by atoms with Crippen molar-refractivity contribution < 1.29 is 37.1 Å². The SMILES string of the molecule is CC(=O)O.CC[C-]=O.[Ag+]. The molecule has 0 amide bonds. The van der Waals surface area contributed by atoms with Gasteiger partial charge in [0, 0.05) is 6.92 Å². The third kappa shape index (κ3) is 352. The van der Waals surface area contributed by atoms with E-state index in [9.17, 15) is 0 Å². The molecule has 0 aromatic heterocycles. The molecule has 0 aromatic rings. The summed E-state index contributed by atoms with van der Waals surface area (Å²) in [7, 11) is 0. The van der Waals surface area contributed by atoms with Crippen LogP contribution >= 0.6 is 0 Å². The molecule has 0 atom stereocenters. The van der Waals surface area contributed by atoms with Crippen LogP contribution < -0.4 is 0 Å². The summed E-state index contributed by atoms with van der Waals surface area (Å²) in [4.78, 5) is 18.0. The van der Waals surface area contributed by atoms with Crippen molar-refractivity contribution >= 4 is 12.3 Å². The molecule has 0 spiro atoms. The monoisotopic (exact) mass is 224 g/mol. The maximum absolute atomic E-state index is 9.05. The number of hydrogen-bond acceptors (Lipinski definition) is 2. The van der Waals surface area contributed by atoms with Gasteiger partial charge < -0.3 is 9.90 Å². The Hall–Kier alpha value is -0.120. The van der Waals surface area contributed by atoms with E-state index in [0.29, 0.717) is 6.42 Å². The Morgan fingerprint density at radius 3 is 1.78 bits per heavy atom. The number of carboxylic acids is 1. The summed E-state index contributed by atoms with van der Waals surface area (Å²) in [5, 5.41) is 7.42. The Kier molecular flexibility index (Phi) is 27.8. The number of aliphatic carboxylic acids is 1. The molecule has 0 saturated carbocycles. The summed E-state index contributed by atoms with van der Waals surface area (Å²) in [5.41, 5.74) is 0. The molecule has 58 valence electrons. The van der Waals surface area contributed by atoms with E-state index < -0.39 is 5.97 Å². The minimum Gasteiger partial charge on any atom is -0.542 e. The van der Waals surface area contributed by atoms with E-state index in [1.54, 1.807) is 13.2 Å². The predicted molar refractivity (Wildman–Crippen MR) is 29.3 cm³/mol. The second-order valence-electron chi connectivity index (χ2n) is 1.02. The van der Waals surface area contributed by atoms with Crippen LogP contribution in [0.2, 0.25) is 0 Å². The second-order valence-corrected chi connectivity index (χ2v) is 1.02. The maximum atomic E-state index is 9.05. The summed E-state index contributed by atoms with van der Waals surface area (Å²) in [6.07, 6.45) is 2.19. The standard InChI is InChI=1S/C3H5O.C2H4O2.Ag/c1-2-3-4;1-2(3)4;/h2H2,1H3;1H3,(H,3,4);/q-1;;+1. The number of carbonyl (C=O) groups excluding carboxylic acids is 1. The molecule has 0 bridgehead atoms. The van der Waals surface area contributed by atoms with Gasteiger partial charge in [0.1, 0.15) is 0 Å². The summed E-state index contributed by atoms with van der Waals surface area (Å²) >= 11 is 0. The number of hydrogen-bond donors (Lipinski definition) is 1. The normalized spacial score (nSPS) is 5.56. The van der Waals surface area contributed by atoms with Crippen LogP contribution in [0.25, 0.3) is 0 Å². The molecule has 0 heterocycles. The van der Waals surface area contributed by atoms with Crippen LogP contribution in [0.3, 0.4) is 0 Å². The molecule has 0 aliphatic carbocycles. The Balaban J connectivity index is -0.0000000720. The fourth-order valence-electron chi connectivity index (χ4n) is 0. The Morgan fingerprint density at radius 2 is 1.78 bits per heavy atom. The third-order valence-electron chi connectivity index (χ3n) is 0.144. The molecule has 0 fully saturated rings. The van der Waals surface area contributed by atoms with Gasteiger partial charge in [-0.25, -0.2) is 0 Å². The van der Waals surface area contributed by atoms with Crippen molar-refractivity contribution in [3.8, 4) is 0 Å². The third-order valence-corrected chi connectivity index (χ3v) is 0.144. The van der Waals surface area contributed by atoms with Gasteiger partial charge in [-0.05, 0) is 0 Å². The molecule has 0 aliphatic heterocycles. The average molecular weight is 225 g/mol. The van der Waals surface area contributed by atoms with E-state index in [1.807, 2.05) is 0 Å². The van der Waals surface area contributed by atoms with Gasteiger partial charge in [0.15, 0.2) is 0 Å². The average Bonchev–Trinajstić information content (AvgIpc) is 1.65. The number of rotatable bonds is 1. The Labute approximate surface area is 70.0 Å². The van der Waals surface area contributed by atoms with Gasteiger partial charge in [-0.3, -0.25) is 11.1 Å². The summed E-state index contributed by atoms with van der Waals surface area (Å²) in [6, 6.07) is 0. The van der Waals surface area contributed by atoms with Crippen molar-refractivity contribution in [1.29, 1.82) is 0 Å². The van der Waals surface area contributed by atoms with Crippen LogP contribution in [0.1, 0.15) is 20.3 Å². The van der Waals surface area contributed by atoms with Crippen molar-refractivity contribution in [1.82, 2.24) is 0 Å². The molecule has 0 rings (SSSR count). The molecule has 4 heteroatoms. The van der Waals surface area contributed by atoms with Gasteiger partial charge in [0.25, 0.3) is 5.97 Å². The van der Waals surface area contributed by atoms with E-state index in [-0.39, 0.29) is 22.4 Å². The van der Waals surface area contributed by atoms with E-state index >= 15 is 0 Å². The molecule has 1 N–H and O–H groups in total. The Bertz CT molecular complexity index is 68.6. The summed E-state index contributed by atoms with van der Waals surface area (Å²) in [5.74, 6) is -0.833. The molecule has 0 saturated heterocycles. The van der Waals surface area contributed by atoms with Crippen molar-refractivity contribution in [2.45, 2.75) is 20.3 Å². The van der Waals surface area contributed by atoms with E-state index in [2.05, 4.69) is 0 Å². The van der Waals surface area contributed by atoms with E-state index in [4.69, 9.17) is 14.7 Å². The molecule has 0 aliphatic rings. The fraction of sp³-hybridized carbons (Fsp3) is 0.600. The van der Waals surface area contributed by atoms with Crippen molar-refractivity contribution in [2.24, 2.45) is 0 Å². The van der Waals surface area contributed by atoms with Crippen LogP contribution in [-0.2, 0) is 32.0 Å². The fourth-order valence-corrected chi connectivity index (χ4v) is 0. The van der Waals surface area contributed by atoms with Crippen LogP contribution in [0.4, 0.5) is 0 Å². The van der Waals surface area contributed by atoms with Crippen molar-refractivity contribution in [2.75, 3.05) is 0 Å². The topological polar surface area (TPSA) is 54.4 Å². The molecule has 3 nitrogen and oxygen atoms in total. The first-order valence-corrected chi connectivity index (χ1v) is 2.19. The summed E-state index contributed by atoms with van der Waals surface area (Å²) in [6.45, 7) is 2.84. The predicted octanol–water partition coefficient (Wildman–Crippen LogP) is 0.595. The zero-order valence-corrected chi connectivity index (χ0v) is 6.75. The molecular weight excluding hydrogens is 216 g/mol. The van der Waals surface area contributed by atoms with E-state index in [1.165, 1.54) is 0 Å². The zero-order chi connectivity index (χ0) is 6.99. The van der Waals surface area contributed by atoms with Gasteiger partial charge in [-0.2, -0.15) is 6.42 Å². The van der Waals surface area contributed by atoms with Gasteiger partial charge in [-0.15, -0.1) is 0 Å². The van der Waals surface area contributed by atoms with Crippen LogP contribution in [-0.4, -0.2) is 17.4 Å². The minimum absolute atomic E-state index is 0. The smallest absolute Gasteiger partial charge is 0.542 e. The molecule has 0 radical (unpaired) electrons. The quantitative estimate of drug-likeness (QED) is 0.525. The first-order valence-electron chi connectivity index (χ1n) is 2.19. The molecule has 0 aromatic carbocycles. The first kappa shape index (κ1) is 15.9.